The number of benzene rings is 2. The number of hydrazone groups is 1. The number of para-hydroxylation sites is 1. The molecule has 5 nitrogen and oxygen atoms in total. The molecule has 2 aromatic carbocycles. The van der Waals surface area contributed by atoms with E-state index in [9.17, 15) is 0 Å². The Labute approximate surface area is 116 Å². The van der Waals surface area contributed by atoms with Crippen LogP contribution >= 0.6 is 0 Å². The van der Waals surface area contributed by atoms with Gasteiger partial charge in [0.15, 0.2) is 0 Å². The summed E-state index contributed by atoms with van der Waals surface area (Å²) >= 11 is 0. The minimum Gasteiger partial charge on any atom is -0.361 e. The summed E-state index contributed by atoms with van der Waals surface area (Å²) < 4.78 is 0. The van der Waals surface area contributed by atoms with Crippen LogP contribution in [0, 0.1) is 0 Å². The first-order valence-electron chi connectivity index (χ1n) is 6.35. The summed E-state index contributed by atoms with van der Waals surface area (Å²) in [6.07, 6.45) is 4.87. The minimum atomic E-state index is 0.984. The maximum Gasteiger partial charge on any atom is 0.222 e. The number of aromatic nitrogens is 1. The summed E-state index contributed by atoms with van der Waals surface area (Å²) in [6.45, 7) is 0. The molecule has 1 radical (unpaired) electrons. The van der Waals surface area contributed by atoms with Crippen LogP contribution in [0.4, 0.5) is 11.4 Å². The minimum absolute atomic E-state index is 0.984. The van der Waals surface area contributed by atoms with E-state index in [0.29, 0.717) is 0 Å². The molecule has 1 aliphatic rings. The van der Waals surface area contributed by atoms with Gasteiger partial charge in [-0.05, 0) is 35.7 Å². The van der Waals surface area contributed by atoms with Gasteiger partial charge in [-0.25, -0.2) is 5.01 Å². The Hall–Kier alpha value is -2.95. The number of hydrogen-bond donors (Lipinski definition) is 2. The van der Waals surface area contributed by atoms with Gasteiger partial charge in [0.25, 0.3) is 0 Å². The average molecular weight is 262 g/mol. The summed E-state index contributed by atoms with van der Waals surface area (Å²) in [4.78, 5) is 3.21. The van der Waals surface area contributed by atoms with Crippen LogP contribution in [0.1, 0.15) is 0 Å². The van der Waals surface area contributed by atoms with Crippen LogP contribution in [0.5, 0.6) is 0 Å². The van der Waals surface area contributed by atoms with Crippen LogP contribution in [0.3, 0.4) is 0 Å². The summed E-state index contributed by atoms with van der Waals surface area (Å²) in [6, 6.07) is 18.2. The molecule has 3 aromatic rings. The summed E-state index contributed by atoms with van der Waals surface area (Å²) in [5.74, 6) is 0. The molecule has 5 heteroatoms. The van der Waals surface area contributed by atoms with E-state index in [1.807, 2.05) is 58.8 Å². The zero-order chi connectivity index (χ0) is 13.4. The lowest BCUT2D eigenvalue weighted by molar-refractivity contribution is 0.723. The second-order valence-electron chi connectivity index (χ2n) is 4.52. The van der Waals surface area contributed by atoms with Crippen LogP contribution < -0.4 is 15.7 Å². The van der Waals surface area contributed by atoms with Crippen molar-refractivity contribution in [3.63, 3.8) is 0 Å². The van der Waals surface area contributed by atoms with Crippen molar-refractivity contribution in [2.45, 2.75) is 0 Å². The largest absolute Gasteiger partial charge is 0.361 e. The van der Waals surface area contributed by atoms with E-state index in [1.54, 1.807) is 0 Å². The topological polar surface area (TPSA) is 46.7 Å². The summed E-state index contributed by atoms with van der Waals surface area (Å²) in [5.41, 5.74) is 5.99. The third-order valence-electron chi connectivity index (χ3n) is 3.27. The molecule has 0 saturated heterocycles. The number of H-pyrrole nitrogens is 1. The molecule has 0 bridgehead atoms. The van der Waals surface area contributed by atoms with Crippen LogP contribution in [-0.2, 0) is 0 Å². The van der Waals surface area contributed by atoms with E-state index in [2.05, 4.69) is 34.1 Å². The Balaban J connectivity index is 1.74. The van der Waals surface area contributed by atoms with Gasteiger partial charge in [-0.3, -0.25) is 0 Å². The zero-order valence-corrected chi connectivity index (χ0v) is 10.6. The van der Waals surface area contributed by atoms with Crippen molar-refractivity contribution in [1.82, 2.24) is 10.5 Å². The first-order chi connectivity index (χ1) is 9.92. The fourth-order valence-corrected chi connectivity index (χ4v) is 2.29. The smallest absolute Gasteiger partial charge is 0.222 e. The van der Waals surface area contributed by atoms with Gasteiger partial charge in [0.1, 0.15) is 0 Å². The van der Waals surface area contributed by atoms with Crippen LogP contribution in [0.15, 0.2) is 65.9 Å². The van der Waals surface area contributed by atoms with Crippen molar-refractivity contribution >= 4 is 28.6 Å². The van der Waals surface area contributed by atoms with Gasteiger partial charge in [0, 0.05) is 11.7 Å². The number of rotatable bonds is 2. The third-order valence-corrected chi connectivity index (χ3v) is 3.27. The van der Waals surface area contributed by atoms with Crippen molar-refractivity contribution in [1.29, 1.82) is 0 Å². The lowest BCUT2D eigenvalue weighted by Crippen LogP contribution is -2.43. The highest BCUT2D eigenvalue weighted by molar-refractivity contribution is 5.90. The van der Waals surface area contributed by atoms with Crippen molar-refractivity contribution in [2.75, 3.05) is 10.1 Å². The molecule has 97 valence electrons. The lowest BCUT2D eigenvalue weighted by Gasteiger charge is -2.27. The van der Waals surface area contributed by atoms with Gasteiger partial charge < -0.3 is 4.98 Å². The number of hydrazine groups is 2. The van der Waals surface area contributed by atoms with E-state index in [0.717, 1.165) is 16.9 Å². The number of fused-ring (bicyclic) bond motifs is 1. The molecule has 0 amide bonds. The van der Waals surface area contributed by atoms with Gasteiger partial charge >= 0.3 is 0 Å². The van der Waals surface area contributed by atoms with E-state index in [1.165, 1.54) is 5.39 Å². The zero-order valence-electron chi connectivity index (χ0n) is 10.6. The predicted octanol–water partition coefficient (Wildman–Crippen LogP) is 2.73. The molecule has 0 fully saturated rings. The first-order valence-corrected chi connectivity index (χ1v) is 6.35. The normalized spacial score (nSPS) is 14.0. The number of nitrogens with one attached hydrogen (secondary N) is 2. The van der Waals surface area contributed by atoms with Gasteiger partial charge in [0.05, 0.1) is 11.4 Å². The summed E-state index contributed by atoms with van der Waals surface area (Å²) in [7, 11) is 0. The van der Waals surface area contributed by atoms with E-state index in [-0.39, 0.29) is 0 Å². The highest BCUT2D eigenvalue weighted by atomic mass is 15.9. The molecule has 0 aliphatic carbocycles. The Morgan fingerprint density at radius 3 is 2.75 bits per heavy atom. The van der Waals surface area contributed by atoms with Crippen molar-refractivity contribution in [2.24, 2.45) is 5.10 Å². The lowest BCUT2D eigenvalue weighted by atomic mass is 10.2. The molecule has 0 spiro atoms. The Morgan fingerprint density at radius 2 is 1.85 bits per heavy atom. The predicted molar refractivity (Wildman–Crippen MR) is 80.3 cm³/mol. The second kappa shape index (κ2) is 4.31. The van der Waals surface area contributed by atoms with Crippen LogP contribution in [0.2, 0.25) is 0 Å². The van der Waals surface area contributed by atoms with Crippen molar-refractivity contribution in [3.05, 3.63) is 60.8 Å². The third kappa shape index (κ3) is 1.68. The molecule has 0 atom stereocenters. The first kappa shape index (κ1) is 10.9. The van der Waals surface area contributed by atoms with Gasteiger partial charge in [-0.15, -0.1) is 5.10 Å². The average Bonchev–Trinajstić information content (AvgIpc) is 3.16. The standard InChI is InChI=1S/C15H12N5/c1-2-4-13(5-3-1)20-18-17-11-19(20)14-7-6-12-8-9-16-15(12)10-14/h1-10,16,18H. The second-order valence-corrected chi connectivity index (χ2v) is 4.52. The van der Waals surface area contributed by atoms with Crippen LogP contribution in [-0.4, -0.2) is 11.3 Å². The van der Waals surface area contributed by atoms with Crippen LogP contribution in [0.25, 0.3) is 10.9 Å². The molecule has 0 unspecified atom stereocenters. The van der Waals surface area contributed by atoms with Crippen molar-refractivity contribution < 1.29 is 0 Å². The van der Waals surface area contributed by atoms with Gasteiger partial charge in [-0.2, -0.15) is 10.7 Å². The molecule has 1 aliphatic heterocycles. The Bertz CT molecular complexity index is 762. The molecule has 0 saturated carbocycles. The Morgan fingerprint density at radius 1 is 0.950 bits per heavy atom. The molecular weight excluding hydrogens is 250 g/mol. The Kier molecular flexibility index (Phi) is 2.35. The quantitative estimate of drug-likeness (QED) is 0.746. The van der Waals surface area contributed by atoms with Gasteiger partial charge in [0.2, 0.25) is 6.34 Å². The molecule has 2 N–H and O–H groups in total. The SMILES string of the molecule is [C]1=NNN(c2ccccc2)N1c1ccc2cc[nH]c2c1. The number of nitrogens with zero attached hydrogens (tertiary/aromatic N) is 3. The van der Waals surface area contributed by atoms with Gasteiger partial charge in [-0.1, -0.05) is 24.3 Å². The number of hydrogen-bond acceptors (Lipinski definition) is 4. The molecule has 2 heterocycles. The van der Waals surface area contributed by atoms with E-state index in [4.69, 9.17) is 0 Å². The maximum atomic E-state index is 4.01. The van der Waals surface area contributed by atoms with Crippen molar-refractivity contribution in [3.8, 4) is 0 Å². The molecular formula is C15H12N5. The number of aromatic amines is 1. The van der Waals surface area contributed by atoms with E-state index >= 15 is 0 Å². The van der Waals surface area contributed by atoms with E-state index < -0.39 is 0 Å². The highest BCUT2D eigenvalue weighted by Gasteiger charge is 2.20. The maximum absolute atomic E-state index is 4.01. The fraction of sp³-hybridized carbons (Fsp3) is 0. The fourth-order valence-electron chi connectivity index (χ4n) is 2.29. The molecule has 1 aromatic heterocycles. The molecule has 20 heavy (non-hydrogen) atoms. The number of anilines is 2. The summed E-state index contributed by atoms with van der Waals surface area (Å²) in [5, 5.41) is 8.87. The monoisotopic (exact) mass is 262 g/mol. The molecule has 4 rings (SSSR count). The highest BCUT2D eigenvalue weighted by Crippen LogP contribution is 2.25.